The zero-order valence-electron chi connectivity index (χ0n) is 10.2. The molecule has 0 spiro atoms. The second kappa shape index (κ2) is 5.37. The first-order chi connectivity index (χ1) is 8.16. The number of aryl methyl sites for hydroxylation is 1. The highest BCUT2D eigenvalue weighted by atomic mass is 32.1. The van der Waals surface area contributed by atoms with Crippen molar-refractivity contribution in [3.63, 3.8) is 0 Å². The molecular weight excluding hydrogens is 236 g/mol. The molecule has 0 saturated heterocycles. The molecule has 6 heteroatoms. The van der Waals surface area contributed by atoms with Gasteiger partial charge in [0.05, 0.1) is 11.8 Å². The van der Waals surface area contributed by atoms with Crippen molar-refractivity contribution in [2.75, 3.05) is 6.54 Å². The molecule has 92 valence electrons. The maximum atomic E-state index is 5.02. The molecule has 0 amide bonds. The average Bonchev–Trinajstić information content (AvgIpc) is 2.86. The monoisotopic (exact) mass is 252 g/mol. The van der Waals surface area contributed by atoms with E-state index in [2.05, 4.69) is 34.5 Å². The fourth-order valence-corrected chi connectivity index (χ4v) is 2.33. The molecule has 0 bridgehead atoms. The first-order valence-corrected chi connectivity index (χ1v) is 6.46. The smallest absolute Gasteiger partial charge is 0.152 e. The van der Waals surface area contributed by atoms with Crippen molar-refractivity contribution in [2.45, 2.75) is 33.2 Å². The van der Waals surface area contributed by atoms with E-state index in [1.807, 2.05) is 6.92 Å². The lowest BCUT2D eigenvalue weighted by atomic mass is 10.3. The van der Waals surface area contributed by atoms with Gasteiger partial charge in [0.25, 0.3) is 0 Å². The number of hydrogen-bond acceptors (Lipinski definition) is 6. The molecule has 0 atom stereocenters. The van der Waals surface area contributed by atoms with Gasteiger partial charge in [-0.25, -0.2) is 0 Å². The minimum atomic E-state index is 0.503. The average molecular weight is 252 g/mol. The Morgan fingerprint density at radius 1 is 1.41 bits per heavy atom. The van der Waals surface area contributed by atoms with E-state index in [0.29, 0.717) is 6.04 Å². The number of hydrogen-bond donors (Lipinski definition) is 1. The number of rotatable bonds is 5. The van der Waals surface area contributed by atoms with Gasteiger partial charge in [0.2, 0.25) is 0 Å². The van der Waals surface area contributed by atoms with Gasteiger partial charge >= 0.3 is 0 Å². The lowest BCUT2D eigenvalue weighted by Gasteiger charge is -2.04. The van der Waals surface area contributed by atoms with Crippen LogP contribution in [-0.2, 0) is 6.42 Å². The van der Waals surface area contributed by atoms with E-state index in [-0.39, 0.29) is 0 Å². The lowest BCUT2D eigenvalue weighted by molar-refractivity contribution is 0.398. The summed E-state index contributed by atoms with van der Waals surface area (Å²) >= 11 is 1.59. The molecule has 5 nitrogen and oxygen atoms in total. The minimum absolute atomic E-state index is 0.503. The van der Waals surface area contributed by atoms with E-state index >= 15 is 0 Å². The largest absolute Gasteiger partial charge is 0.361 e. The van der Waals surface area contributed by atoms with E-state index < -0.39 is 0 Å². The zero-order valence-corrected chi connectivity index (χ0v) is 11.0. The van der Waals surface area contributed by atoms with Gasteiger partial charge < -0.3 is 9.84 Å². The molecule has 0 saturated carbocycles. The summed E-state index contributed by atoms with van der Waals surface area (Å²) in [6.07, 6.45) is 2.59. The van der Waals surface area contributed by atoms with Crippen molar-refractivity contribution < 1.29 is 4.52 Å². The Hall–Kier alpha value is -1.27. The van der Waals surface area contributed by atoms with Crippen LogP contribution in [0.3, 0.4) is 0 Å². The highest BCUT2D eigenvalue weighted by Crippen LogP contribution is 2.26. The van der Waals surface area contributed by atoms with Gasteiger partial charge in [-0.3, -0.25) is 0 Å². The van der Waals surface area contributed by atoms with Gasteiger partial charge in [0.15, 0.2) is 5.01 Å². The van der Waals surface area contributed by atoms with Crippen LogP contribution in [0, 0.1) is 6.92 Å². The molecule has 2 aromatic heterocycles. The molecule has 0 aliphatic heterocycles. The molecule has 0 radical (unpaired) electrons. The fourth-order valence-electron chi connectivity index (χ4n) is 1.44. The van der Waals surface area contributed by atoms with Crippen molar-refractivity contribution >= 4 is 11.3 Å². The Bertz CT molecular complexity index is 477. The van der Waals surface area contributed by atoms with Crippen molar-refractivity contribution in [3.05, 3.63) is 17.0 Å². The number of nitrogens with zero attached hydrogens (tertiary/aromatic N) is 3. The van der Waals surface area contributed by atoms with Crippen LogP contribution in [0.1, 0.15) is 24.6 Å². The molecule has 0 fully saturated rings. The topological polar surface area (TPSA) is 63.8 Å². The first kappa shape index (κ1) is 12.2. The van der Waals surface area contributed by atoms with E-state index in [4.69, 9.17) is 4.52 Å². The van der Waals surface area contributed by atoms with Crippen LogP contribution in [-0.4, -0.2) is 27.9 Å². The highest BCUT2D eigenvalue weighted by molar-refractivity contribution is 7.14. The van der Waals surface area contributed by atoms with Crippen LogP contribution in [0.15, 0.2) is 10.7 Å². The summed E-state index contributed by atoms with van der Waals surface area (Å²) in [5, 5.41) is 17.3. The molecule has 17 heavy (non-hydrogen) atoms. The highest BCUT2D eigenvalue weighted by Gasteiger charge is 2.11. The Kier molecular flexibility index (Phi) is 3.86. The Labute approximate surface area is 104 Å². The molecule has 0 aliphatic rings. The summed E-state index contributed by atoms with van der Waals surface area (Å²) in [5.74, 6) is 0.785. The van der Waals surface area contributed by atoms with Gasteiger partial charge in [-0.1, -0.05) is 30.3 Å². The third kappa shape index (κ3) is 3.10. The second-order valence-corrected chi connectivity index (χ2v) is 5.22. The van der Waals surface area contributed by atoms with E-state index in [9.17, 15) is 0 Å². The van der Waals surface area contributed by atoms with E-state index in [1.165, 1.54) is 0 Å². The standard InChI is InChI=1S/C11H16N4OS/c1-7(2)12-5-4-10-14-15-11(17-10)9-6-13-16-8(9)3/h6-7,12H,4-5H2,1-3H3. The van der Waals surface area contributed by atoms with Crippen LogP contribution < -0.4 is 5.32 Å². The third-order valence-corrected chi connectivity index (χ3v) is 3.36. The van der Waals surface area contributed by atoms with Crippen LogP contribution in [0.4, 0.5) is 0 Å². The fraction of sp³-hybridized carbons (Fsp3) is 0.545. The van der Waals surface area contributed by atoms with Gasteiger partial charge in [0, 0.05) is 19.0 Å². The Balaban J connectivity index is 1.99. The predicted octanol–water partition coefficient (Wildman–Crippen LogP) is 2.04. The predicted molar refractivity (Wildman–Crippen MR) is 67.0 cm³/mol. The van der Waals surface area contributed by atoms with E-state index in [0.717, 1.165) is 34.3 Å². The summed E-state index contributed by atoms with van der Waals surface area (Å²) in [7, 11) is 0. The molecule has 0 aromatic carbocycles. The lowest BCUT2D eigenvalue weighted by Crippen LogP contribution is -2.24. The molecule has 1 N–H and O–H groups in total. The number of nitrogens with one attached hydrogen (secondary N) is 1. The molecule has 0 unspecified atom stereocenters. The quantitative estimate of drug-likeness (QED) is 0.882. The second-order valence-electron chi connectivity index (χ2n) is 4.16. The summed E-state index contributed by atoms with van der Waals surface area (Å²) in [6, 6.07) is 0.503. The van der Waals surface area contributed by atoms with Crippen LogP contribution in [0.5, 0.6) is 0 Å². The van der Waals surface area contributed by atoms with Gasteiger partial charge in [-0.15, -0.1) is 10.2 Å². The van der Waals surface area contributed by atoms with E-state index in [1.54, 1.807) is 17.5 Å². The Morgan fingerprint density at radius 2 is 2.24 bits per heavy atom. The van der Waals surface area contributed by atoms with Crippen LogP contribution in [0.2, 0.25) is 0 Å². The summed E-state index contributed by atoms with van der Waals surface area (Å²) < 4.78 is 5.02. The molecule has 0 aliphatic carbocycles. The van der Waals surface area contributed by atoms with Gasteiger partial charge in [0.1, 0.15) is 10.8 Å². The van der Waals surface area contributed by atoms with Crippen LogP contribution >= 0.6 is 11.3 Å². The summed E-state index contributed by atoms with van der Waals surface area (Å²) in [4.78, 5) is 0. The van der Waals surface area contributed by atoms with Crippen molar-refractivity contribution in [2.24, 2.45) is 0 Å². The van der Waals surface area contributed by atoms with Crippen molar-refractivity contribution in [1.82, 2.24) is 20.7 Å². The third-order valence-electron chi connectivity index (χ3n) is 2.34. The Morgan fingerprint density at radius 3 is 2.88 bits per heavy atom. The summed E-state index contributed by atoms with van der Waals surface area (Å²) in [6.45, 7) is 7.07. The SMILES string of the molecule is Cc1oncc1-c1nnc(CCNC(C)C)s1. The maximum absolute atomic E-state index is 5.02. The number of aromatic nitrogens is 3. The van der Waals surface area contributed by atoms with Gasteiger partial charge in [-0.05, 0) is 6.92 Å². The van der Waals surface area contributed by atoms with Crippen molar-refractivity contribution in [3.8, 4) is 10.6 Å². The summed E-state index contributed by atoms with van der Waals surface area (Å²) in [5.41, 5.74) is 0.936. The van der Waals surface area contributed by atoms with Gasteiger partial charge in [-0.2, -0.15) is 0 Å². The minimum Gasteiger partial charge on any atom is -0.361 e. The maximum Gasteiger partial charge on any atom is 0.152 e. The van der Waals surface area contributed by atoms with Crippen LogP contribution in [0.25, 0.3) is 10.6 Å². The normalized spacial score (nSPS) is 11.3. The molecule has 2 aromatic rings. The van der Waals surface area contributed by atoms with Crippen molar-refractivity contribution in [1.29, 1.82) is 0 Å². The molecule has 2 rings (SSSR count). The first-order valence-electron chi connectivity index (χ1n) is 5.64. The molecular formula is C11H16N4OS. The zero-order chi connectivity index (χ0) is 12.3. The molecule has 2 heterocycles.